The first-order chi connectivity index (χ1) is 14.3. The van der Waals surface area contributed by atoms with Crippen LogP contribution in [0.25, 0.3) is 11.0 Å². The average Bonchev–Trinajstić information content (AvgIpc) is 3.02. The number of nitrogens with zero attached hydrogens (tertiary/aromatic N) is 3. The number of sulfonamides is 1. The molecule has 0 atom stereocenters. The van der Waals surface area contributed by atoms with Gasteiger partial charge in [-0.05, 0) is 57.4 Å². The van der Waals surface area contributed by atoms with Crippen molar-refractivity contribution in [3.63, 3.8) is 0 Å². The maximum Gasteiger partial charge on any atom is 0.252 e. The molecule has 9 heteroatoms. The molecule has 2 aromatic heterocycles. The van der Waals surface area contributed by atoms with E-state index < -0.39 is 10.0 Å². The van der Waals surface area contributed by atoms with Crippen molar-refractivity contribution in [2.24, 2.45) is 5.14 Å². The second kappa shape index (κ2) is 8.05. The van der Waals surface area contributed by atoms with Crippen LogP contribution in [0, 0.1) is 6.92 Å². The van der Waals surface area contributed by atoms with Gasteiger partial charge >= 0.3 is 0 Å². The minimum Gasteiger partial charge on any atom is -0.348 e. The lowest BCUT2D eigenvalue weighted by molar-refractivity contribution is 0.0952. The molecule has 0 spiro atoms. The lowest BCUT2D eigenvalue weighted by atomic mass is 10.0. The molecule has 0 saturated heterocycles. The van der Waals surface area contributed by atoms with Crippen LogP contribution in [-0.4, -0.2) is 29.1 Å². The summed E-state index contributed by atoms with van der Waals surface area (Å²) in [6.07, 6.45) is 0. The summed E-state index contributed by atoms with van der Waals surface area (Å²) in [4.78, 5) is 18.0. The zero-order chi connectivity index (χ0) is 23.1. The number of hydrogen-bond donors (Lipinski definition) is 2. The number of carbonyl (C=O) groups is 1. The largest absolute Gasteiger partial charge is 0.348 e. The molecule has 3 rings (SSSR count). The Hall–Kier alpha value is -2.78. The third-order valence-electron chi connectivity index (χ3n) is 4.98. The highest BCUT2D eigenvalue weighted by molar-refractivity contribution is 7.89. The van der Waals surface area contributed by atoms with Crippen LogP contribution in [0.3, 0.4) is 0 Å². The molecule has 2 heterocycles. The summed E-state index contributed by atoms with van der Waals surface area (Å²) in [7, 11) is -3.81. The fraction of sp³-hybridized carbons (Fsp3) is 0.409. The molecule has 31 heavy (non-hydrogen) atoms. The van der Waals surface area contributed by atoms with Crippen molar-refractivity contribution < 1.29 is 13.2 Å². The highest BCUT2D eigenvalue weighted by Crippen LogP contribution is 2.29. The molecule has 8 nitrogen and oxygen atoms in total. The van der Waals surface area contributed by atoms with Crippen LogP contribution in [0.2, 0.25) is 0 Å². The Bertz CT molecular complexity index is 1250. The van der Waals surface area contributed by atoms with Gasteiger partial charge in [0.1, 0.15) is 0 Å². The SMILES string of the molecule is Cc1nn(C(C)(C)C)c2nc(C(C)C)cc(C(=O)NCc3cccc(S(N)(=O)=O)c3)c12. The second-order valence-electron chi connectivity index (χ2n) is 8.99. The van der Waals surface area contributed by atoms with Crippen LogP contribution in [0.15, 0.2) is 35.2 Å². The molecular formula is C22H29N5O3S. The summed E-state index contributed by atoms with van der Waals surface area (Å²) in [6, 6.07) is 8.02. The summed E-state index contributed by atoms with van der Waals surface area (Å²) >= 11 is 0. The van der Waals surface area contributed by atoms with Crippen molar-refractivity contribution in [2.75, 3.05) is 0 Å². The molecule has 0 unspecified atom stereocenters. The molecule has 0 bridgehead atoms. The van der Waals surface area contributed by atoms with Crippen molar-refractivity contribution in [1.82, 2.24) is 20.1 Å². The number of aromatic nitrogens is 3. The van der Waals surface area contributed by atoms with E-state index in [-0.39, 0.29) is 28.8 Å². The Labute approximate surface area is 182 Å². The molecule has 1 amide bonds. The number of carbonyl (C=O) groups excluding carboxylic acids is 1. The number of fused-ring (bicyclic) bond motifs is 1. The smallest absolute Gasteiger partial charge is 0.252 e. The Balaban J connectivity index is 2.02. The molecule has 3 aromatic rings. The van der Waals surface area contributed by atoms with Gasteiger partial charge in [-0.3, -0.25) is 4.79 Å². The van der Waals surface area contributed by atoms with Crippen LogP contribution < -0.4 is 10.5 Å². The molecule has 1 aromatic carbocycles. The molecular weight excluding hydrogens is 414 g/mol. The number of aryl methyl sites for hydroxylation is 1. The summed E-state index contributed by atoms with van der Waals surface area (Å²) in [5.41, 5.74) is 3.06. The van der Waals surface area contributed by atoms with Crippen LogP contribution >= 0.6 is 0 Å². The Morgan fingerprint density at radius 1 is 1.23 bits per heavy atom. The van der Waals surface area contributed by atoms with Crippen molar-refractivity contribution in [1.29, 1.82) is 0 Å². The maximum absolute atomic E-state index is 13.2. The molecule has 0 radical (unpaired) electrons. The van der Waals surface area contributed by atoms with Crippen LogP contribution in [0.4, 0.5) is 0 Å². The van der Waals surface area contributed by atoms with E-state index in [0.29, 0.717) is 16.8 Å². The molecule has 3 N–H and O–H groups in total. The number of benzene rings is 1. The van der Waals surface area contributed by atoms with Gasteiger partial charge in [0, 0.05) is 12.2 Å². The first-order valence-corrected chi connectivity index (χ1v) is 11.6. The zero-order valence-corrected chi connectivity index (χ0v) is 19.5. The number of hydrogen-bond acceptors (Lipinski definition) is 5. The average molecular weight is 444 g/mol. The summed E-state index contributed by atoms with van der Waals surface area (Å²) in [5, 5.41) is 13.5. The van der Waals surface area contributed by atoms with E-state index in [9.17, 15) is 13.2 Å². The molecule has 166 valence electrons. The summed E-state index contributed by atoms with van der Waals surface area (Å²) in [5.74, 6) is -0.141. The Morgan fingerprint density at radius 2 is 1.90 bits per heavy atom. The predicted octanol–water partition coefficient (Wildman–Crippen LogP) is 3.20. The van der Waals surface area contributed by atoms with Gasteiger partial charge < -0.3 is 5.32 Å². The van der Waals surface area contributed by atoms with E-state index in [1.807, 2.05) is 52.3 Å². The first kappa shape index (κ1) is 22.9. The van der Waals surface area contributed by atoms with Gasteiger partial charge in [0.05, 0.1) is 27.1 Å². The van der Waals surface area contributed by atoms with E-state index in [0.717, 1.165) is 16.8 Å². The van der Waals surface area contributed by atoms with E-state index in [1.165, 1.54) is 12.1 Å². The van der Waals surface area contributed by atoms with Gasteiger partial charge in [0.2, 0.25) is 10.0 Å². The highest BCUT2D eigenvalue weighted by Gasteiger charge is 2.25. The van der Waals surface area contributed by atoms with Gasteiger partial charge in [0.25, 0.3) is 5.91 Å². The third kappa shape index (κ3) is 4.77. The van der Waals surface area contributed by atoms with Crippen molar-refractivity contribution in [3.05, 3.63) is 52.8 Å². The standard InChI is InChI=1S/C22H29N5O3S/c1-13(2)18-11-17(19-14(3)26-27(20(19)25-18)22(4,5)6)21(28)24-12-15-8-7-9-16(10-15)31(23,29)30/h7-11,13H,12H2,1-6H3,(H,24,28)(H2,23,29,30). The number of nitrogens with one attached hydrogen (secondary N) is 1. The number of rotatable bonds is 5. The van der Waals surface area contributed by atoms with E-state index in [2.05, 4.69) is 10.4 Å². The minimum atomic E-state index is -3.81. The molecule has 0 fully saturated rings. The molecule has 0 saturated carbocycles. The van der Waals surface area contributed by atoms with Crippen molar-refractivity contribution in [3.8, 4) is 0 Å². The molecule has 0 aliphatic rings. The van der Waals surface area contributed by atoms with Gasteiger partial charge in [0.15, 0.2) is 5.65 Å². The van der Waals surface area contributed by atoms with Crippen LogP contribution in [-0.2, 0) is 22.1 Å². The third-order valence-corrected chi connectivity index (χ3v) is 5.90. The van der Waals surface area contributed by atoms with Crippen LogP contribution in [0.1, 0.15) is 67.8 Å². The second-order valence-corrected chi connectivity index (χ2v) is 10.6. The summed E-state index contributed by atoms with van der Waals surface area (Å²) < 4.78 is 25.0. The van der Waals surface area contributed by atoms with Gasteiger partial charge in [-0.15, -0.1) is 0 Å². The summed E-state index contributed by atoms with van der Waals surface area (Å²) in [6.45, 7) is 12.2. The Kier molecular flexibility index (Phi) is 5.94. The van der Waals surface area contributed by atoms with E-state index in [4.69, 9.17) is 10.1 Å². The quantitative estimate of drug-likeness (QED) is 0.627. The molecule has 0 aliphatic carbocycles. The first-order valence-electron chi connectivity index (χ1n) is 10.1. The highest BCUT2D eigenvalue weighted by atomic mass is 32.2. The fourth-order valence-electron chi connectivity index (χ4n) is 3.36. The van der Waals surface area contributed by atoms with E-state index in [1.54, 1.807) is 12.1 Å². The topological polar surface area (TPSA) is 120 Å². The predicted molar refractivity (Wildman–Crippen MR) is 120 cm³/mol. The van der Waals surface area contributed by atoms with Gasteiger partial charge in [-0.1, -0.05) is 26.0 Å². The lowest BCUT2D eigenvalue weighted by Crippen LogP contribution is -2.25. The fourth-order valence-corrected chi connectivity index (χ4v) is 3.94. The monoisotopic (exact) mass is 443 g/mol. The number of pyridine rings is 1. The number of nitrogens with two attached hydrogens (primary N) is 1. The lowest BCUT2D eigenvalue weighted by Gasteiger charge is -2.20. The molecule has 0 aliphatic heterocycles. The zero-order valence-electron chi connectivity index (χ0n) is 18.7. The maximum atomic E-state index is 13.2. The normalized spacial score (nSPS) is 12.5. The number of primary sulfonamides is 1. The van der Waals surface area contributed by atoms with Crippen molar-refractivity contribution in [2.45, 2.75) is 64.4 Å². The number of amides is 1. The van der Waals surface area contributed by atoms with Gasteiger partial charge in [-0.2, -0.15) is 5.10 Å². The van der Waals surface area contributed by atoms with Gasteiger partial charge in [-0.25, -0.2) is 23.2 Å². The Morgan fingerprint density at radius 3 is 2.48 bits per heavy atom. The van der Waals surface area contributed by atoms with Crippen molar-refractivity contribution >= 4 is 27.0 Å². The minimum absolute atomic E-state index is 0.00921. The van der Waals surface area contributed by atoms with E-state index >= 15 is 0 Å². The van der Waals surface area contributed by atoms with Crippen LogP contribution in [0.5, 0.6) is 0 Å².